The Morgan fingerprint density at radius 2 is 2.12 bits per heavy atom. The topological polar surface area (TPSA) is 77.7 Å². The van der Waals surface area contributed by atoms with E-state index >= 15 is 0 Å². The maximum absolute atomic E-state index is 11.5. The fourth-order valence-corrected chi connectivity index (χ4v) is 4.07. The molecule has 2 atom stereocenters. The summed E-state index contributed by atoms with van der Waals surface area (Å²) in [5.41, 5.74) is 7.89. The highest BCUT2D eigenvalue weighted by Crippen LogP contribution is 2.31. The molecule has 1 aromatic heterocycles. The van der Waals surface area contributed by atoms with Gasteiger partial charge in [-0.25, -0.2) is 0 Å². The number of amides is 1. The summed E-state index contributed by atoms with van der Waals surface area (Å²) in [5.74, 6) is 1.17. The van der Waals surface area contributed by atoms with E-state index in [1.807, 2.05) is 6.20 Å². The molecule has 2 fully saturated rings. The highest BCUT2D eigenvalue weighted by molar-refractivity contribution is 5.77. The first-order valence-corrected chi connectivity index (χ1v) is 9.19. The van der Waals surface area contributed by atoms with Crippen LogP contribution in [0.2, 0.25) is 0 Å². The fourth-order valence-electron chi connectivity index (χ4n) is 4.07. The second kappa shape index (κ2) is 8.15. The van der Waals surface area contributed by atoms with Crippen molar-refractivity contribution in [3.8, 4) is 5.75 Å². The zero-order valence-corrected chi connectivity index (χ0v) is 15.2. The van der Waals surface area contributed by atoms with E-state index in [2.05, 4.69) is 16.8 Å². The molecule has 25 heavy (non-hydrogen) atoms. The average Bonchev–Trinajstić information content (AvgIpc) is 3.07. The number of nitrogens with zero attached hydrogens (tertiary/aromatic N) is 2. The van der Waals surface area contributed by atoms with Gasteiger partial charge in [-0.05, 0) is 62.7 Å². The summed E-state index contributed by atoms with van der Waals surface area (Å²) in [4.78, 5) is 18.3. The minimum absolute atomic E-state index is 0.0267. The third-order valence-electron chi connectivity index (χ3n) is 5.74. The van der Waals surface area contributed by atoms with Crippen molar-refractivity contribution in [3.05, 3.63) is 23.5 Å². The van der Waals surface area contributed by atoms with Crippen molar-refractivity contribution in [2.75, 3.05) is 26.8 Å². The van der Waals surface area contributed by atoms with Crippen LogP contribution in [0.5, 0.6) is 5.75 Å². The van der Waals surface area contributed by atoms with Crippen LogP contribution in [0.3, 0.4) is 0 Å². The third-order valence-corrected chi connectivity index (χ3v) is 5.74. The fraction of sp³-hybridized carbons (Fsp3) is 0.684. The van der Waals surface area contributed by atoms with Crippen molar-refractivity contribution in [1.82, 2.24) is 9.88 Å². The standard InChI is InChI=1S/C19H29N3O3/c1-13-15(10-21-11-18(13)24-2)12-22-6-3-14(4-7-22)9-17-16(19(20)23)5-8-25-17/h10-11,14,16-17H,3-9,12H2,1-2H3,(H2,20,23)/t16-,17-/m1/s1. The first-order chi connectivity index (χ1) is 12.1. The average molecular weight is 347 g/mol. The van der Waals surface area contributed by atoms with Gasteiger partial charge in [-0.2, -0.15) is 0 Å². The number of carbonyl (C=O) groups excluding carboxylic acids is 1. The van der Waals surface area contributed by atoms with Gasteiger partial charge < -0.3 is 15.2 Å². The van der Waals surface area contributed by atoms with Gasteiger partial charge in [0, 0.05) is 19.3 Å². The minimum atomic E-state index is -0.207. The Morgan fingerprint density at radius 3 is 2.80 bits per heavy atom. The molecule has 0 saturated carbocycles. The van der Waals surface area contributed by atoms with Gasteiger partial charge in [-0.3, -0.25) is 14.7 Å². The van der Waals surface area contributed by atoms with E-state index in [0.29, 0.717) is 12.5 Å². The highest BCUT2D eigenvalue weighted by Gasteiger charge is 2.35. The lowest BCUT2D eigenvalue weighted by Gasteiger charge is -2.33. The summed E-state index contributed by atoms with van der Waals surface area (Å²) in [6.45, 7) is 5.79. The summed E-state index contributed by atoms with van der Waals surface area (Å²) >= 11 is 0. The Bertz CT molecular complexity index is 600. The van der Waals surface area contributed by atoms with Gasteiger partial charge in [0.05, 0.1) is 25.3 Å². The molecule has 0 bridgehead atoms. The number of pyridine rings is 1. The Morgan fingerprint density at radius 1 is 1.36 bits per heavy atom. The third kappa shape index (κ3) is 4.30. The number of aromatic nitrogens is 1. The Balaban J connectivity index is 1.50. The molecule has 3 heterocycles. The van der Waals surface area contributed by atoms with Gasteiger partial charge >= 0.3 is 0 Å². The van der Waals surface area contributed by atoms with E-state index in [0.717, 1.165) is 51.1 Å². The second-order valence-electron chi connectivity index (χ2n) is 7.29. The maximum Gasteiger partial charge on any atom is 0.223 e. The van der Waals surface area contributed by atoms with Gasteiger partial charge in [0.25, 0.3) is 0 Å². The predicted molar refractivity (Wildman–Crippen MR) is 95.2 cm³/mol. The predicted octanol–water partition coefficient (Wildman–Crippen LogP) is 1.89. The lowest BCUT2D eigenvalue weighted by Crippen LogP contribution is -2.37. The summed E-state index contributed by atoms with van der Waals surface area (Å²) in [6, 6.07) is 0. The minimum Gasteiger partial charge on any atom is -0.495 e. The van der Waals surface area contributed by atoms with Gasteiger partial charge in [-0.15, -0.1) is 0 Å². The number of piperidine rings is 1. The Kier molecular flexibility index (Phi) is 5.91. The first kappa shape index (κ1) is 18.1. The molecule has 2 saturated heterocycles. The zero-order valence-electron chi connectivity index (χ0n) is 15.2. The molecular formula is C19H29N3O3. The molecule has 0 radical (unpaired) electrons. The van der Waals surface area contributed by atoms with Crippen LogP contribution in [0.4, 0.5) is 0 Å². The maximum atomic E-state index is 11.5. The molecule has 6 heteroatoms. The quantitative estimate of drug-likeness (QED) is 0.850. The smallest absolute Gasteiger partial charge is 0.223 e. The largest absolute Gasteiger partial charge is 0.495 e. The van der Waals surface area contributed by atoms with Crippen LogP contribution in [0.25, 0.3) is 0 Å². The van der Waals surface area contributed by atoms with Crippen LogP contribution in [0.15, 0.2) is 12.4 Å². The summed E-state index contributed by atoms with van der Waals surface area (Å²) in [6.07, 6.45) is 7.75. The molecule has 0 unspecified atom stereocenters. The van der Waals surface area contributed by atoms with Crippen LogP contribution in [0.1, 0.15) is 36.8 Å². The molecular weight excluding hydrogens is 318 g/mol. The lowest BCUT2D eigenvalue weighted by atomic mass is 9.86. The van der Waals surface area contributed by atoms with E-state index in [-0.39, 0.29) is 17.9 Å². The van der Waals surface area contributed by atoms with Crippen LogP contribution in [-0.4, -0.2) is 48.7 Å². The number of rotatable bonds is 6. The first-order valence-electron chi connectivity index (χ1n) is 9.19. The van der Waals surface area contributed by atoms with E-state index in [1.165, 1.54) is 11.1 Å². The molecule has 2 aliphatic heterocycles. The van der Waals surface area contributed by atoms with Crippen LogP contribution in [-0.2, 0) is 16.1 Å². The highest BCUT2D eigenvalue weighted by atomic mass is 16.5. The van der Waals surface area contributed by atoms with Crippen LogP contribution in [0, 0.1) is 18.8 Å². The lowest BCUT2D eigenvalue weighted by molar-refractivity contribution is -0.123. The normalized spacial score (nSPS) is 25.2. The van der Waals surface area contributed by atoms with Gasteiger partial charge in [0.2, 0.25) is 5.91 Å². The molecule has 2 aliphatic rings. The molecule has 1 amide bonds. The summed E-state index contributed by atoms with van der Waals surface area (Å²) in [7, 11) is 1.68. The SMILES string of the molecule is COc1cncc(CN2CCC(C[C@H]3OCC[C@H]3C(N)=O)CC2)c1C. The monoisotopic (exact) mass is 347 g/mol. The van der Waals surface area contributed by atoms with Crippen molar-refractivity contribution in [2.45, 2.75) is 45.3 Å². The Labute approximate surface area is 149 Å². The molecule has 0 aliphatic carbocycles. The van der Waals surface area contributed by atoms with Gasteiger partial charge in [-0.1, -0.05) is 0 Å². The Hall–Kier alpha value is -1.66. The number of methoxy groups -OCH3 is 1. The van der Waals surface area contributed by atoms with Crippen LogP contribution >= 0.6 is 0 Å². The van der Waals surface area contributed by atoms with Gasteiger partial charge in [0.1, 0.15) is 5.75 Å². The zero-order chi connectivity index (χ0) is 17.8. The summed E-state index contributed by atoms with van der Waals surface area (Å²) in [5, 5.41) is 0. The molecule has 138 valence electrons. The molecule has 6 nitrogen and oxygen atoms in total. The van der Waals surface area contributed by atoms with E-state index in [4.69, 9.17) is 15.2 Å². The van der Waals surface area contributed by atoms with E-state index in [1.54, 1.807) is 13.3 Å². The number of ether oxygens (including phenoxy) is 2. The summed E-state index contributed by atoms with van der Waals surface area (Å²) < 4.78 is 11.1. The van der Waals surface area contributed by atoms with Crippen molar-refractivity contribution >= 4 is 5.91 Å². The molecule has 0 aromatic carbocycles. The molecule has 0 spiro atoms. The van der Waals surface area contributed by atoms with Crippen molar-refractivity contribution < 1.29 is 14.3 Å². The number of hydrogen-bond acceptors (Lipinski definition) is 5. The van der Waals surface area contributed by atoms with Crippen molar-refractivity contribution in [3.63, 3.8) is 0 Å². The molecule has 3 rings (SSSR count). The number of nitrogens with two attached hydrogens (primary N) is 1. The van der Waals surface area contributed by atoms with E-state index < -0.39 is 0 Å². The van der Waals surface area contributed by atoms with Gasteiger partial charge in [0.15, 0.2) is 0 Å². The second-order valence-corrected chi connectivity index (χ2v) is 7.29. The van der Waals surface area contributed by atoms with Crippen molar-refractivity contribution in [2.24, 2.45) is 17.6 Å². The number of primary amides is 1. The molecule has 2 N–H and O–H groups in total. The van der Waals surface area contributed by atoms with Crippen molar-refractivity contribution in [1.29, 1.82) is 0 Å². The number of hydrogen-bond donors (Lipinski definition) is 1. The van der Waals surface area contributed by atoms with Crippen LogP contribution < -0.4 is 10.5 Å². The van der Waals surface area contributed by atoms with E-state index in [9.17, 15) is 4.79 Å². The molecule has 1 aromatic rings. The number of likely N-dealkylation sites (tertiary alicyclic amines) is 1. The number of carbonyl (C=O) groups is 1.